The van der Waals surface area contributed by atoms with E-state index in [-0.39, 0.29) is 0 Å². The molecular formula is C13H26N2. The maximum atomic E-state index is 3.99. The van der Waals surface area contributed by atoms with E-state index in [0.29, 0.717) is 0 Å². The molecule has 0 N–H and O–H groups in total. The van der Waals surface area contributed by atoms with Crippen molar-refractivity contribution >= 4 is 6.72 Å². The molecule has 88 valence electrons. The lowest BCUT2D eigenvalue weighted by Gasteiger charge is -2.33. The van der Waals surface area contributed by atoms with Gasteiger partial charge in [-0.25, -0.2) is 0 Å². The van der Waals surface area contributed by atoms with E-state index in [1.165, 1.54) is 32.1 Å². The second-order valence-electron chi connectivity index (χ2n) is 5.39. The zero-order valence-corrected chi connectivity index (χ0v) is 10.6. The van der Waals surface area contributed by atoms with Gasteiger partial charge in [0.1, 0.15) is 0 Å². The maximum absolute atomic E-state index is 3.99. The van der Waals surface area contributed by atoms with E-state index >= 15 is 0 Å². The van der Waals surface area contributed by atoms with Crippen molar-refractivity contribution in [1.29, 1.82) is 0 Å². The van der Waals surface area contributed by atoms with E-state index in [1.807, 2.05) is 0 Å². The van der Waals surface area contributed by atoms with Gasteiger partial charge < -0.3 is 9.89 Å². The first-order valence-corrected chi connectivity index (χ1v) is 6.22. The van der Waals surface area contributed by atoms with Gasteiger partial charge in [-0.3, -0.25) is 0 Å². The van der Waals surface area contributed by atoms with Crippen LogP contribution < -0.4 is 0 Å². The molecule has 0 aliphatic heterocycles. The summed E-state index contributed by atoms with van der Waals surface area (Å²) in [6, 6.07) is 0.828. The lowest BCUT2D eigenvalue weighted by molar-refractivity contribution is 0.180. The van der Waals surface area contributed by atoms with Gasteiger partial charge in [-0.15, -0.1) is 0 Å². The van der Waals surface area contributed by atoms with Crippen LogP contribution in [0.5, 0.6) is 0 Å². The average Bonchev–Trinajstić information content (AvgIpc) is 2.18. The van der Waals surface area contributed by atoms with Crippen LogP contribution in [0.2, 0.25) is 0 Å². The smallest absolute Gasteiger partial charge is 0.0407 e. The second-order valence-corrected chi connectivity index (χ2v) is 5.39. The Morgan fingerprint density at radius 3 is 2.33 bits per heavy atom. The minimum absolute atomic E-state index is 0.725. The SMILES string of the molecule is C=NCC(C)CC1CCC(N(C)C)CC1. The van der Waals surface area contributed by atoms with Gasteiger partial charge in [0.05, 0.1) is 0 Å². The van der Waals surface area contributed by atoms with Gasteiger partial charge in [-0.2, -0.15) is 0 Å². The summed E-state index contributed by atoms with van der Waals surface area (Å²) in [5.41, 5.74) is 0. The summed E-state index contributed by atoms with van der Waals surface area (Å²) >= 11 is 0. The third-order valence-corrected chi connectivity index (χ3v) is 3.72. The maximum Gasteiger partial charge on any atom is 0.0407 e. The summed E-state index contributed by atoms with van der Waals surface area (Å²) in [4.78, 5) is 6.37. The Morgan fingerprint density at radius 1 is 1.27 bits per heavy atom. The summed E-state index contributed by atoms with van der Waals surface area (Å²) < 4.78 is 0. The molecule has 2 heteroatoms. The number of hydrogen-bond acceptors (Lipinski definition) is 2. The normalized spacial score (nSPS) is 29.1. The quantitative estimate of drug-likeness (QED) is 0.637. The van der Waals surface area contributed by atoms with E-state index in [1.54, 1.807) is 0 Å². The zero-order chi connectivity index (χ0) is 11.3. The van der Waals surface area contributed by atoms with Crippen LogP contribution >= 0.6 is 0 Å². The highest BCUT2D eigenvalue weighted by atomic mass is 15.1. The molecule has 1 aliphatic rings. The summed E-state index contributed by atoms with van der Waals surface area (Å²) in [5.74, 6) is 1.67. The first-order chi connectivity index (χ1) is 7.13. The van der Waals surface area contributed by atoms with Crippen molar-refractivity contribution in [2.75, 3.05) is 20.6 Å². The molecule has 0 amide bonds. The minimum atomic E-state index is 0.725. The van der Waals surface area contributed by atoms with E-state index in [9.17, 15) is 0 Å². The van der Waals surface area contributed by atoms with Gasteiger partial charge in [-0.05, 0) is 64.8 Å². The van der Waals surface area contributed by atoms with E-state index in [2.05, 4.69) is 37.6 Å². The Bertz CT molecular complexity index is 181. The molecule has 1 aliphatic carbocycles. The van der Waals surface area contributed by atoms with Crippen LogP contribution in [-0.2, 0) is 0 Å². The summed E-state index contributed by atoms with van der Waals surface area (Å²) in [7, 11) is 4.41. The Morgan fingerprint density at radius 2 is 1.87 bits per heavy atom. The minimum Gasteiger partial charge on any atom is -0.306 e. The van der Waals surface area contributed by atoms with Gasteiger partial charge in [0.2, 0.25) is 0 Å². The molecule has 0 aromatic carbocycles. The van der Waals surface area contributed by atoms with Crippen molar-refractivity contribution < 1.29 is 0 Å². The largest absolute Gasteiger partial charge is 0.306 e. The Kier molecular flexibility index (Phi) is 5.30. The van der Waals surface area contributed by atoms with Crippen molar-refractivity contribution in [3.05, 3.63) is 0 Å². The summed E-state index contributed by atoms with van der Waals surface area (Å²) in [6.07, 6.45) is 6.92. The lowest BCUT2D eigenvalue weighted by Crippen LogP contribution is -2.32. The van der Waals surface area contributed by atoms with Crippen LogP contribution in [0.4, 0.5) is 0 Å². The topological polar surface area (TPSA) is 15.6 Å². The highest BCUT2D eigenvalue weighted by molar-refractivity contribution is 5.23. The van der Waals surface area contributed by atoms with Crippen molar-refractivity contribution in [2.45, 2.75) is 45.1 Å². The fourth-order valence-corrected chi connectivity index (χ4v) is 2.76. The first-order valence-electron chi connectivity index (χ1n) is 6.22. The molecule has 1 atom stereocenters. The molecule has 0 heterocycles. The fourth-order valence-electron chi connectivity index (χ4n) is 2.76. The predicted molar refractivity (Wildman–Crippen MR) is 67.6 cm³/mol. The number of nitrogens with zero attached hydrogens (tertiary/aromatic N) is 2. The predicted octanol–water partition coefficient (Wildman–Crippen LogP) is 2.83. The molecule has 0 aromatic rings. The molecule has 0 radical (unpaired) electrons. The van der Waals surface area contributed by atoms with Crippen molar-refractivity contribution in [1.82, 2.24) is 4.90 Å². The van der Waals surface area contributed by atoms with Crippen molar-refractivity contribution in [3.8, 4) is 0 Å². The highest BCUT2D eigenvalue weighted by Gasteiger charge is 2.23. The van der Waals surface area contributed by atoms with E-state index in [0.717, 1.165) is 24.4 Å². The molecule has 0 saturated heterocycles. The summed E-state index contributed by atoms with van der Waals surface area (Å²) in [5, 5.41) is 0. The van der Waals surface area contributed by atoms with Crippen LogP contribution in [-0.4, -0.2) is 38.3 Å². The number of rotatable bonds is 5. The summed E-state index contributed by atoms with van der Waals surface area (Å²) in [6.45, 7) is 6.81. The first kappa shape index (κ1) is 12.7. The number of hydrogen-bond donors (Lipinski definition) is 0. The molecule has 0 aromatic heterocycles. The van der Waals surface area contributed by atoms with Crippen molar-refractivity contribution in [3.63, 3.8) is 0 Å². The molecule has 1 saturated carbocycles. The third kappa shape index (κ3) is 4.33. The third-order valence-electron chi connectivity index (χ3n) is 3.72. The van der Waals surface area contributed by atoms with Crippen LogP contribution in [0.3, 0.4) is 0 Å². The highest BCUT2D eigenvalue weighted by Crippen LogP contribution is 2.30. The fraction of sp³-hybridized carbons (Fsp3) is 0.923. The Hall–Kier alpha value is -0.370. The van der Waals surface area contributed by atoms with Gasteiger partial charge >= 0.3 is 0 Å². The van der Waals surface area contributed by atoms with Gasteiger partial charge in [0.15, 0.2) is 0 Å². The molecule has 1 fully saturated rings. The van der Waals surface area contributed by atoms with Crippen LogP contribution in [0.15, 0.2) is 4.99 Å². The molecule has 0 spiro atoms. The Labute approximate surface area is 94.8 Å². The second kappa shape index (κ2) is 6.26. The van der Waals surface area contributed by atoms with Gasteiger partial charge in [-0.1, -0.05) is 6.92 Å². The van der Waals surface area contributed by atoms with Crippen LogP contribution in [0.1, 0.15) is 39.0 Å². The standard InChI is InChI=1S/C13H26N2/c1-11(10-14-2)9-12-5-7-13(8-6-12)15(3)4/h11-13H,2,5-10H2,1,3-4H3. The van der Waals surface area contributed by atoms with Crippen LogP contribution in [0.25, 0.3) is 0 Å². The van der Waals surface area contributed by atoms with E-state index in [4.69, 9.17) is 0 Å². The van der Waals surface area contributed by atoms with E-state index < -0.39 is 0 Å². The molecule has 15 heavy (non-hydrogen) atoms. The molecular weight excluding hydrogens is 184 g/mol. The lowest BCUT2D eigenvalue weighted by atomic mass is 9.81. The van der Waals surface area contributed by atoms with Crippen LogP contribution in [0, 0.1) is 11.8 Å². The molecule has 1 unspecified atom stereocenters. The Balaban J connectivity index is 2.22. The number of aliphatic imine (C=N–C) groups is 1. The average molecular weight is 210 g/mol. The monoisotopic (exact) mass is 210 g/mol. The van der Waals surface area contributed by atoms with Gasteiger partial charge in [0, 0.05) is 12.6 Å². The molecule has 1 rings (SSSR count). The van der Waals surface area contributed by atoms with Gasteiger partial charge in [0.25, 0.3) is 0 Å². The molecule has 0 bridgehead atoms. The zero-order valence-electron chi connectivity index (χ0n) is 10.6. The van der Waals surface area contributed by atoms with Crippen molar-refractivity contribution in [2.24, 2.45) is 16.8 Å². The molecule has 2 nitrogen and oxygen atoms in total.